The molecule has 0 atom stereocenters. The number of carbonyl (C=O) groups excluding carboxylic acids is 2. The van der Waals surface area contributed by atoms with Crippen LogP contribution < -0.4 is 10.5 Å². The molecular weight excluding hydrogens is 520 g/mol. The molecule has 0 aliphatic carbocycles. The lowest BCUT2D eigenvalue weighted by molar-refractivity contribution is -0.148. The van der Waals surface area contributed by atoms with Crippen LogP contribution in [0.3, 0.4) is 0 Å². The Balaban J connectivity index is 1.96. The Morgan fingerprint density at radius 2 is 1.84 bits per heavy atom. The topological polar surface area (TPSA) is 95.6 Å². The number of thioether (sulfide) groups is 1. The number of pyridine rings is 1. The number of esters is 1. The van der Waals surface area contributed by atoms with E-state index in [-0.39, 0.29) is 28.9 Å². The number of nitriles is 1. The quantitative estimate of drug-likeness (QED) is 0.162. The van der Waals surface area contributed by atoms with E-state index in [0.29, 0.717) is 71.8 Å². The third-order valence-corrected chi connectivity index (χ3v) is 8.59. The summed E-state index contributed by atoms with van der Waals surface area (Å²) < 4.78 is 7.36. The van der Waals surface area contributed by atoms with E-state index in [4.69, 9.17) is 17.0 Å². The number of hydrogen-bond acceptors (Lipinski definition) is 8. The molecule has 3 heterocycles. The van der Waals surface area contributed by atoms with Crippen LogP contribution >= 0.6 is 24.0 Å². The first kappa shape index (κ1) is 29.9. The molecule has 2 aliphatic rings. The SMILES string of the molecule is CCCCCCCN1C(=O)C(=Cc2c(C)c(C#N)c(=O)n(CC)c2N2CCC(C(=O)OCC)CC2)SC1=S. The lowest BCUT2D eigenvalue weighted by atomic mass is 9.95. The second-order valence-electron chi connectivity index (χ2n) is 9.66. The highest BCUT2D eigenvalue weighted by Gasteiger charge is 2.34. The number of ether oxygens (including phenoxy) is 1. The molecule has 2 saturated heterocycles. The molecule has 1 aromatic rings. The maximum absolute atomic E-state index is 13.3. The predicted molar refractivity (Wildman–Crippen MR) is 156 cm³/mol. The van der Waals surface area contributed by atoms with Crippen LogP contribution in [0.25, 0.3) is 6.08 Å². The van der Waals surface area contributed by atoms with Crippen LogP contribution in [0.1, 0.15) is 82.4 Å². The predicted octanol–water partition coefficient (Wildman–Crippen LogP) is 5.00. The van der Waals surface area contributed by atoms with Gasteiger partial charge in [0, 0.05) is 31.7 Å². The van der Waals surface area contributed by atoms with Gasteiger partial charge in [-0.05, 0) is 51.7 Å². The molecule has 0 bridgehead atoms. The van der Waals surface area contributed by atoms with E-state index in [2.05, 4.69) is 17.9 Å². The molecule has 0 aromatic carbocycles. The van der Waals surface area contributed by atoms with Crippen molar-refractivity contribution in [1.82, 2.24) is 9.47 Å². The van der Waals surface area contributed by atoms with Crippen LogP contribution in [0.15, 0.2) is 9.70 Å². The molecule has 2 aliphatic heterocycles. The average Bonchev–Trinajstić information content (AvgIpc) is 3.17. The normalized spacial score (nSPS) is 17.4. The van der Waals surface area contributed by atoms with E-state index in [1.165, 1.54) is 18.2 Å². The first-order chi connectivity index (χ1) is 18.3. The lowest BCUT2D eigenvalue weighted by Crippen LogP contribution is -2.41. The van der Waals surface area contributed by atoms with Gasteiger partial charge < -0.3 is 9.64 Å². The first-order valence-corrected chi connectivity index (χ1v) is 14.9. The van der Waals surface area contributed by atoms with Crippen LogP contribution in [0, 0.1) is 24.2 Å². The number of amides is 1. The van der Waals surface area contributed by atoms with Gasteiger partial charge in [0.25, 0.3) is 11.5 Å². The molecule has 0 unspecified atom stereocenters. The fourth-order valence-corrected chi connectivity index (χ4v) is 6.35. The maximum Gasteiger partial charge on any atom is 0.309 e. The summed E-state index contributed by atoms with van der Waals surface area (Å²) in [5.41, 5.74) is 0.969. The second kappa shape index (κ2) is 13.9. The van der Waals surface area contributed by atoms with E-state index >= 15 is 0 Å². The molecule has 1 amide bonds. The number of carbonyl (C=O) groups is 2. The van der Waals surface area contributed by atoms with Gasteiger partial charge in [0.15, 0.2) is 0 Å². The second-order valence-corrected chi connectivity index (χ2v) is 11.3. The van der Waals surface area contributed by atoms with Gasteiger partial charge in [0.1, 0.15) is 21.8 Å². The molecule has 206 valence electrons. The zero-order valence-corrected chi connectivity index (χ0v) is 24.5. The molecule has 0 radical (unpaired) electrons. The number of anilines is 1. The Labute approximate surface area is 235 Å². The Morgan fingerprint density at radius 3 is 2.45 bits per heavy atom. The van der Waals surface area contributed by atoms with E-state index in [9.17, 15) is 19.6 Å². The number of nitrogens with zero attached hydrogens (tertiary/aromatic N) is 4. The third-order valence-electron chi connectivity index (χ3n) is 7.21. The summed E-state index contributed by atoms with van der Waals surface area (Å²) in [6.07, 6.45) is 8.46. The number of rotatable bonds is 11. The molecule has 0 N–H and O–H groups in total. The molecule has 2 fully saturated rings. The van der Waals surface area contributed by atoms with Gasteiger partial charge >= 0.3 is 5.97 Å². The van der Waals surface area contributed by atoms with Crippen molar-refractivity contribution in [3.05, 3.63) is 31.9 Å². The van der Waals surface area contributed by atoms with Crippen LogP contribution in [0.2, 0.25) is 0 Å². The van der Waals surface area contributed by atoms with E-state index in [1.54, 1.807) is 29.4 Å². The molecular formula is C28H38N4O4S2. The minimum atomic E-state index is -0.341. The minimum absolute atomic E-state index is 0.0784. The summed E-state index contributed by atoms with van der Waals surface area (Å²) in [6, 6.07) is 2.07. The van der Waals surface area contributed by atoms with Crippen molar-refractivity contribution in [3.63, 3.8) is 0 Å². The van der Waals surface area contributed by atoms with Crippen molar-refractivity contribution in [2.24, 2.45) is 5.92 Å². The number of piperidine rings is 1. The zero-order valence-electron chi connectivity index (χ0n) is 22.9. The van der Waals surface area contributed by atoms with Gasteiger partial charge in [-0.1, -0.05) is 56.6 Å². The fourth-order valence-electron chi connectivity index (χ4n) is 5.06. The van der Waals surface area contributed by atoms with Crippen LogP contribution in [0.5, 0.6) is 0 Å². The smallest absolute Gasteiger partial charge is 0.309 e. The summed E-state index contributed by atoms with van der Waals surface area (Å²) in [7, 11) is 0. The standard InChI is InChI=1S/C28H38N4O4S2/c1-5-8-9-10-11-14-32-26(34)23(38-28(32)37)17-21-19(4)22(18-29)25(33)31(6-2)24(21)30-15-12-20(13-16-30)27(35)36-7-3/h17,20H,5-16H2,1-4H3. The van der Waals surface area contributed by atoms with Crippen LogP contribution in [-0.2, 0) is 20.9 Å². The summed E-state index contributed by atoms with van der Waals surface area (Å²) in [6.45, 7) is 10.0. The van der Waals surface area contributed by atoms with Crippen molar-refractivity contribution in [3.8, 4) is 6.07 Å². The van der Waals surface area contributed by atoms with Crippen molar-refractivity contribution in [2.45, 2.75) is 79.2 Å². The molecule has 1 aromatic heterocycles. The van der Waals surface area contributed by atoms with Gasteiger partial charge in [0.2, 0.25) is 0 Å². The summed E-state index contributed by atoms with van der Waals surface area (Å²) in [4.78, 5) is 43.1. The first-order valence-electron chi connectivity index (χ1n) is 13.6. The highest BCUT2D eigenvalue weighted by molar-refractivity contribution is 8.26. The highest BCUT2D eigenvalue weighted by atomic mass is 32.2. The molecule has 38 heavy (non-hydrogen) atoms. The monoisotopic (exact) mass is 558 g/mol. The van der Waals surface area contributed by atoms with Gasteiger partial charge in [-0.2, -0.15) is 5.26 Å². The Bertz CT molecular complexity index is 1190. The highest BCUT2D eigenvalue weighted by Crippen LogP contribution is 2.37. The van der Waals surface area contributed by atoms with Crippen molar-refractivity contribution in [1.29, 1.82) is 5.26 Å². The molecule has 10 heteroatoms. The zero-order chi connectivity index (χ0) is 27.8. The molecule has 8 nitrogen and oxygen atoms in total. The number of unbranched alkanes of at least 4 members (excludes halogenated alkanes) is 4. The maximum atomic E-state index is 13.3. The molecule has 0 saturated carbocycles. The van der Waals surface area contributed by atoms with E-state index < -0.39 is 0 Å². The average molecular weight is 559 g/mol. The summed E-state index contributed by atoms with van der Waals surface area (Å²) >= 11 is 6.81. The van der Waals surface area contributed by atoms with Crippen molar-refractivity contribution in [2.75, 3.05) is 31.1 Å². The van der Waals surface area contributed by atoms with Gasteiger partial charge in [-0.15, -0.1) is 0 Å². The van der Waals surface area contributed by atoms with Crippen molar-refractivity contribution >= 4 is 52.1 Å². The minimum Gasteiger partial charge on any atom is -0.466 e. The van der Waals surface area contributed by atoms with E-state index in [1.807, 2.05) is 6.92 Å². The summed E-state index contributed by atoms with van der Waals surface area (Å²) in [5, 5.41) is 9.80. The van der Waals surface area contributed by atoms with Gasteiger partial charge in [-0.3, -0.25) is 23.9 Å². The number of thiocarbonyl (C=S) groups is 1. The lowest BCUT2D eigenvalue weighted by Gasteiger charge is -2.35. The van der Waals surface area contributed by atoms with Gasteiger partial charge in [0.05, 0.1) is 17.4 Å². The number of hydrogen-bond donors (Lipinski definition) is 0. The van der Waals surface area contributed by atoms with Gasteiger partial charge in [-0.25, -0.2) is 0 Å². The largest absolute Gasteiger partial charge is 0.466 e. The number of aromatic nitrogens is 1. The Hall–Kier alpha value is -2.64. The molecule has 0 spiro atoms. The molecule has 3 rings (SSSR count). The third kappa shape index (κ3) is 6.49. The van der Waals surface area contributed by atoms with Crippen LogP contribution in [-0.4, -0.2) is 51.9 Å². The Morgan fingerprint density at radius 1 is 1.16 bits per heavy atom. The Kier molecular flexibility index (Phi) is 11.0. The van der Waals surface area contributed by atoms with Crippen LogP contribution in [0.4, 0.5) is 5.82 Å². The van der Waals surface area contributed by atoms with Crippen molar-refractivity contribution < 1.29 is 14.3 Å². The summed E-state index contributed by atoms with van der Waals surface area (Å²) in [5.74, 6) is 0.190. The van der Waals surface area contributed by atoms with E-state index in [0.717, 1.165) is 25.7 Å². The fraction of sp³-hybridized carbons (Fsp3) is 0.607.